The summed E-state index contributed by atoms with van der Waals surface area (Å²) in [6.45, 7) is 1.37. The number of furan rings is 1. The second kappa shape index (κ2) is 9.35. The van der Waals surface area contributed by atoms with Gasteiger partial charge in [-0.15, -0.1) is 0 Å². The molecule has 0 fully saturated rings. The van der Waals surface area contributed by atoms with E-state index in [1.807, 2.05) is 0 Å². The minimum Gasteiger partial charge on any atom is -0.497 e. The molecule has 0 saturated heterocycles. The fourth-order valence-electron chi connectivity index (χ4n) is 2.73. The van der Waals surface area contributed by atoms with Crippen LogP contribution in [0.25, 0.3) is 11.3 Å². The van der Waals surface area contributed by atoms with Crippen LogP contribution in [0, 0.1) is 10.1 Å². The highest BCUT2D eigenvalue weighted by molar-refractivity contribution is 5.97. The Hall–Kier alpha value is -4.47. The van der Waals surface area contributed by atoms with Crippen LogP contribution in [-0.2, 0) is 4.79 Å². The van der Waals surface area contributed by atoms with E-state index in [1.54, 1.807) is 36.4 Å². The summed E-state index contributed by atoms with van der Waals surface area (Å²) < 4.78 is 10.6. The van der Waals surface area contributed by atoms with E-state index >= 15 is 0 Å². The molecule has 0 bridgehead atoms. The van der Waals surface area contributed by atoms with Crippen LogP contribution in [0.4, 0.5) is 11.4 Å². The molecule has 0 aliphatic carbocycles. The van der Waals surface area contributed by atoms with Crippen molar-refractivity contribution in [2.24, 2.45) is 5.10 Å². The van der Waals surface area contributed by atoms with Gasteiger partial charge in [-0.25, -0.2) is 5.43 Å². The molecule has 0 atom stereocenters. The molecule has 1 heterocycles. The lowest BCUT2D eigenvalue weighted by molar-refractivity contribution is -0.384. The molecule has 3 rings (SSSR count). The number of nitro groups is 1. The Bertz CT molecular complexity index is 1170. The molecule has 0 spiro atoms. The molecular formula is C21H18N4O6. The average molecular weight is 422 g/mol. The average Bonchev–Trinajstić information content (AvgIpc) is 3.21. The molecule has 2 amide bonds. The summed E-state index contributed by atoms with van der Waals surface area (Å²) in [5, 5.41) is 17.8. The summed E-state index contributed by atoms with van der Waals surface area (Å²) in [6, 6.07) is 13.9. The molecule has 0 saturated carbocycles. The number of hydrogen-bond donors (Lipinski definition) is 2. The maximum absolute atomic E-state index is 12.2. The van der Waals surface area contributed by atoms with Gasteiger partial charge in [-0.2, -0.15) is 5.10 Å². The Morgan fingerprint density at radius 2 is 1.97 bits per heavy atom. The van der Waals surface area contributed by atoms with E-state index in [0.717, 1.165) is 0 Å². The highest BCUT2D eigenvalue weighted by Crippen LogP contribution is 2.33. The summed E-state index contributed by atoms with van der Waals surface area (Å²) >= 11 is 0. The minimum absolute atomic E-state index is 0.162. The second-order valence-electron chi connectivity index (χ2n) is 6.30. The Morgan fingerprint density at radius 3 is 2.68 bits per heavy atom. The quantitative estimate of drug-likeness (QED) is 0.339. The third-order valence-corrected chi connectivity index (χ3v) is 4.10. The van der Waals surface area contributed by atoms with Gasteiger partial charge in [-0.1, -0.05) is 6.07 Å². The van der Waals surface area contributed by atoms with Crippen molar-refractivity contribution in [2.45, 2.75) is 6.92 Å². The summed E-state index contributed by atoms with van der Waals surface area (Å²) in [5.74, 6) is 0.175. The number of nitrogens with one attached hydrogen (secondary N) is 2. The van der Waals surface area contributed by atoms with Gasteiger partial charge in [-0.05, 0) is 42.5 Å². The number of carbonyl (C=O) groups excluding carboxylic acids is 2. The molecule has 158 valence electrons. The van der Waals surface area contributed by atoms with Gasteiger partial charge in [0.15, 0.2) is 0 Å². The smallest absolute Gasteiger partial charge is 0.284 e. The van der Waals surface area contributed by atoms with Crippen LogP contribution in [0.5, 0.6) is 5.75 Å². The van der Waals surface area contributed by atoms with E-state index in [1.165, 1.54) is 38.4 Å². The fourth-order valence-corrected chi connectivity index (χ4v) is 2.73. The lowest BCUT2D eigenvalue weighted by Gasteiger charge is -2.04. The molecule has 0 radical (unpaired) electrons. The molecule has 2 aromatic carbocycles. The number of rotatable bonds is 7. The molecule has 0 aliphatic heterocycles. The first-order chi connectivity index (χ1) is 14.9. The van der Waals surface area contributed by atoms with Gasteiger partial charge < -0.3 is 14.5 Å². The number of nitro benzene ring substituents is 1. The van der Waals surface area contributed by atoms with Gasteiger partial charge in [0, 0.05) is 18.2 Å². The molecular weight excluding hydrogens is 404 g/mol. The van der Waals surface area contributed by atoms with Crippen molar-refractivity contribution in [2.75, 3.05) is 12.4 Å². The van der Waals surface area contributed by atoms with Crippen LogP contribution < -0.4 is 15.5 Å². The number of ether oxygens (including phenoxy) is 1. The zero-order valence-electron chi connectivity index (χ0n) is 16.6. The number of hydrazone groups is 1. The van der Waals surface area contributed by atoms with Crippen LogP contribution in [0.1, 0.15) is 23.0 Å². The van der Waals surface area contributed by atoms with E-state index < -0.39 is 10.8 Å². The monoisotopic (exact) mass is 422 g/mol. The number of methoxy groups -OCH3 is 1. The topological polar surface area (TPSA) is 136 Å². The fraction of sp³-hybridized carbons (Fsp3) is 0.0952. The normalized spacial score (nSPS) is 10.6. The number of anilines is 1. The van der Waals surface area contributed by atoms with Crippen molar-refractivity contribution in [3.63, 3.8) is 0 Å². The highest BCUT2D eigenvalue weighted by Gasteiger charge is 2.19. The van der Waals surface area contributed by atoms with E-state index in [0.29, 0.717) is 17.0 Å². The lowest BCUT2D eigenvalue weighted by Crippen LogP contribution is -2.18. The molecule has 1 aromatic heterocycles. The van der Waals surface area contributed by atoms with Crippen LogP contribution in [0.15, 0.2) is 64.1 Å². The number of carbonyl (C=O) groups is 2. The maximum atomic E-state index is 12.2. The Balaban J connectivity index is 1.71. The third kappa shape index (κ3) is 5.32. The molecule has 31 heavy (non-hydrogen) atoms. The van der Waals surface area contributed by atoms with Crippen LogP contribution in [0.3, 0.4) is 0 Å². The molecule has 3 aromatic rings. The summed E-state index contributed by atoms with van der Waals surface area (Å²) in [5.41, 5.74) is 3.26. The van der Waals surface area contributed by atoms with Crippen molar-refractivity contribution < 1.29 is 23.7 Å². The Morgan fingerprint density at radius 1 is 1.16 bits per heavy atom. The second-order valence-corrected chi connectivity index (χ2v) is 6.30. The van der Waals surface area contributed by atoms with E-state index in [9.17, 15) is 19.7 Å². The first-order valence-electron chi connectivity index (χ1n) is 9.01. The van der Waals surface area contributed by atoms with Crippen molar-refractivity contribution >= 4 is 29.4 Å². The van der Waals surface area contributed by atoms with E-state index in [2.05, 4.69) is 15.8 Å². The van der Waals surface area contributed by atoms with Gasteiger partial charge in [-0.3, -0.25) is 19.7 Å². The number of amides is 2. The van der Waals surface area contributed by atoms with Gasteiger partial charge >= 0.3 is 0 Å². The Labute approximate surface area is 176 Å². The minimum atomic E-state index is -0.524. The molecule has 2 N–H and O–H groups in total. The lowest BCUT2D eigenvalue weighted by atomic mass is 10.1. The van der Waals surface area contributed by atoms with Crippen molar-refractivity contribution in [3.8, 4) is 17.1 Å². The van der Waals surface area contributed by atoms with Crippen molar-refractivity contribution in [1.82, 2.24) is 5.43 Å². The molecule has 0 aliphatic rings. The standard InChI is InChI=1S/C21H18N4O6/c1-13(26)23-15-5-3-4-14(10-15)21(27)24-22-12-17-7-9-20(31-17)18-8-6-16(30-2)11-19(18)25(28)29/h3-12H,1-2H3,(H,23,26)(H,24,27)/b22-12-. The summed E-state index contributed by atoms with van der Waals surface area (Å²) in [6.07, 6.45) is 1.27. The zero-order valence-corrected chi connectivity index (χ0v) is 16.6. The third-order valence-electron chi connectivity index (χ3n) is 4.10. The highest BCUT2D eigenvalue weighted by atomic mass is 16.6. The first kappa shape index (κ1) is 21.2. The van der Waals surface area contributed by atoms with Crippen molar-refractivity contribution in [3.05, 3.63) is 76.0 Å². The number of nitrogens with zero attached hydrogens (tertiary/aromatic N) is 2. The van der Waals surface area contributed by atoms with Crippen LogP contribution in [-0.4, -0.2) is 30.1 Å². The summed E-state index contributed by atoms with van der Waals surface area (Å²) in [4.78, 5) is 34.2. The van der Waals surface area contributed by atoms with E-state index in [4.69, 9.17) is 9.15 Å². The maximum Gasteiger partial charge on any atom is 0.284 e. The SMILES string of the molecule is COc1ccc(-c2ccc(/C=N\NC(=O)c3cccc(NC(C)=O)c3)o2)c([N+](=O)[O-])c1. The van der Waals surface area contributed by atoms with Gasteiger partial charge in [0.1, 0.15) is 17.3 Å². The number of hydrogen-bond acceptors (Lipinski definition) is 7. The predicted molar refractivity (Wildman–Crippen MR) is 113 cm³/mol. The molecule has 0 unspecified atom stereocenters. The van der Waals surface area contributed by atoms with E-state index in [-0.39, 0.29) is 28.7 Å². The van der Waals surface area contributed by atoms with Gasteiger partial charge in [0.25, 0.3) is 11.6 Å². The van der Waals surface area contributed by atoms with Gasteiger partial charge in [0.2, 0.25) is 5.91 Å². The summed E-state index contributed by atoms with van der Waals surface area (Å²) in [7, 11) is 1.42. The first-order valence-corrected chi connectivity index (χ1v) is 9.01. The van der Waals surface area contributed by atoms with Gasteiger partial charge in [0.05, 0.1) is 29.9 Å². The predicted octanol–water partition coefficient (Wildman–Crippen LogP) is 3.59. The zero-order chi connectivity index (χ0) is 22.4. The number of benzene rings is 2. The van der Waals surface area contributed by atoms with Crippen LogP contribution >= 0.6 is 0 Å². The molecule has 10 nitrogen and oxygen atoms in total. The largest absolute Gasteiger partial charge is 0.497 e. The Kier molecular flexibility index (Phi) is 6.41. The molecule has 10 heteroatoms. The van der Waals surface area contributed by atoms with Crippen molar-refractivity contribution in [1.29, 1.82) is 0 Å². The van der Waals surface area contributed by atoms with Crippen LogP contribution in [0.2, 0.25) is 0 Å².